The van der Waals surface area contributed by atoms with E-state index in [-0.39, 0.29) is 11.1 Å². The molecule has 0 spiro atoms. The first-order valence-corrected chi connectivity index (χ1v) is 4.00. The van der Waals surface area contributed by atoms with Crippen LogP contribution in [0.2, 0.25) is 0 Å². The highest BCUT2D eigenvalue weighted by Crippen LogP contribution is 2.20. The second-order valence-electron chi connectivity index (χ2n) is 2.90. The highest BCUT2D eigenvalue weighted by molar-refractivity contribution is 5.28. The number of aliphatic hydroxyl groups excluding tert-OH is 1. The van der Waals surface area contributed by atoms with Crippen LogP contribution < -0.4 is 5.73 Å². The van der Waals surface area contributed by atoms with E-state index in [1.807, 2.05) is 0 Å². The molecule has 14 heavy (non-hydrogen) atoms. The van der Waals surface area contributed by atoms with Gasteiger partial charge in [0.1, 0.15) is 6.67 Å². The van der Waals surface area contributed by atoms with E-state index in [1.54, 1.807) is 0 Å². The Hall–Kier alpha value is -1.07. The Morgan fingerprint density at radius 1 is 1.36 bits per heavy atom. The summed E-state index contributed by atoms with van der Waals surface area (Å²) in [5.41, 5.74) is 5.10. The molecule has 1 aromatic carbocycles. The fourth-order valence-corrected chi connectivity index (χ4v) is 1.11. The van der Waals surface area contributed by atoms with Gasteiger partial charge in [0.25, 0.3) is 0 Å². The molecule has 1 unspecified atom stereocenters. The number of aliphatic hydroxyl groups is 1. The summed E-state index contributed by atoms with van der Waals surface area (Å²) in [6.07, 6.45) is 0. The maximum absolute atomic E-state index is 13.1. The SMILES string of the molecule is NC(CO)c1cc(CF)cc(F)c1F. The molecule has 0 aliphatic rings. The zero-order valence-corrected chi connectivity index (χ0v) is 7.30. The molecule has 0 aromatic heterocycles. The summed E-state index contributed by atoms with van der Waals surface area (Å²) in [5.74, 6) is -2.29. The van der Waals surface area contributed by atoms with Gasteiger partial charge >= 0.3 is 0 Å². The molecule has 0 saturated carbocycles. The fourth-order valence-electron chi connectivity index (χ4n) is 1.11. The van der Waals surface area contributed by atoms with Crippen LogP contribution in [0.5, 0.6) is 0 Å². The average molecular weight is 205 g/mol. The van der Waals surface area contributed by atoms with Crippen molar-refractivity contribution in [2.24, 2.45) is 5.73 Å². The van der Waals surface area contributed by atoms with E-state index in [0.29, 0.717) is 0 Å². The summed E-state index contributed by atoms with van der Waals surface area (Å²) in [6.45, 7) is -1.42. The van der Waals surface area contributed by atoms with Gasteiger partial charge in [-0.3, -0.25) is 0 Å². The van der Waals surface area contributed by atoms with Gasteiger partial charge in [0.15, 0.2) is 11.6 Å². The quantitative estimate of drug-likeness (QED) is 0.784. The van der Waals surface area contributed by atoms with Gasteiger partial charge in [0.2, 0.25) is 0 Å². The van der Waals surface area contributed by atoms with E-state index in [2.05, 4.69) is 0 Å². The molecule has 3 N–H and O–H groups in total. The van der Waals surface area contributed by atoms with Crippen molar-refractivity contribution in [1.29, 1.82) is 0 Å². The maximum atomic E-state index is 13.1. The molecule has 2 nitrogen and oxygen atoms in total. The molecule has 0 bridgehead atoms. The predicted molar refractivity (Wildman–Crippen MR) is 45.2 cm³/mol. The number of hydrogen-bond acceptors (Lipinski definition) is 2. The van der Waals surface area contributed by atoms with Crippen LogP contribution in [0.15, 0.2) is 12.1 Å². The summed E-state index contributed by atoms with van der Waals surface area (Å²) in [7, 11) is 0. The maximum Gasteiger partial charge on any atom is 0.163 e. The number of nitrogens with two attached hydrogens (primary N) is 1. The normalized spacial score (nSPS) is 12.9. The van der Waals surface area contributed by atoms with E-state index in [9.17, 15) is 13.2 Å². The highest BCUT2D eigenvalue weighted by atomic mass is 19.2. The third-order valence-corrected chi connectivity index (χ3v) is 1.87. The van der Waals surface area contributed by atoms with E-state index in [4.69, 9.17) is 10.8 Å². The van der Waals surface area contributed by atoms with Crippen molar-refractivity contribution in [3.05, 3.63) is 34.9 Å². The van der Waals surface area contributed by atoms with Gasteiger partial charge < -0.3 is 10.8 Å². The smallest absolute Gasteiger partial charge is 0.163 e. The average Bonchev–Trinajstić information content (AvgIpc) is 2.20. The van der Waals surface area contributed by atoms with Crippen molar-refractivity contribution in [1.82, 2.24) is 0 Å². The molecule has 5 heteroatoms. The third-order valence-electron chi connectivity index (χ3n) is 1.87. The van der Waals surface area contributed by atoms with Crippen LogP contribution in [-0.4, -0.2) is 11.7 Å². The Labute approximate surface area is 79.2 Å². The van der Waals surface area contributed by atoms with Crippen LogP contribution in [0.3, 0.4) is 0 Å². The van der Waals surface area contributed by atoms with Crippen LogP contribution >= 0.6 is 0 Å². The number of alkyl halides is 1. The molecular formula is C9H10F3NO. The zero-order valence-electron chi connectivity index (χ0n) is 7.30. The lowest BCUT2D eigenvalue weighted by molar-refractivity contribution is 0.264. The van der Waals surface area contributed by atoms with E-state index < -0.39 is 31.0 Å². The molecule has 1 aromatic rings. The van der Waals surface area contributed by atoms with Gasteiger partial charge in [-0.1, -0.05) is 0 Å². The Morgan fingerprint density at radius 3 is 2.50 bits per heavy atom. The summed E-state index contributed by atoms with van der Waals surface area (Å²) in [5, 5.41) is 8.66. The van der Waals surface area contributed by atoms with Crippen molar-refractivity contribution in [2.75, 3.05) is 6.61 Å². The lowest BCUT2D eigenvalue weighted by Gasteiger charge is -2.11. The number of hydrogen-bond donors (Lipinski definition) is 2. The first-order chi connectivity index (χ1) is 6.60. The first kappa shape index (κ1) is 11.0. The highest BCUT2D eigenvalue weighted by Gasteiger charge is 2.15. The van der Waals surface area contributed by atoms with Gasteiger partial charge in [-0.2, -0.15) is 0 Å². The molecule has 1 atom stereocenters. The Balaban J connectivity index is 3.20. The van der Waals surface area contributed by atoms with Crippen LogP contribution in [-0.2, 0) is 6.67 Å². The van der Waals surface area contributed by atoms with Crippen molar-refractivity contribution >= 4 is 0 Å². The van der Waals surface area contributed by atoms with Gasteiger partial charge in [-0.25, -0.2) is 13.2 Å². The van der Waals surface area contributed by atoms with Crippen molar-refractivity contribution in [3.8, 4) is 0 Å². The molecule has 0 amide bonds. The number of rotatable bonds is 3. The zero-order chi connectivity index (χ0) is 10.7. The van der Waals surface area contributed by atoms with E-state index in [0.717, 1.165) is 12.1 Å². The second kappa shape index (κ2) is 4.43. The lowest BCUT2D eigenvalue weighted by Crippen LogP contribution is -2.17. The monoisotopic (exact) mass is 205 g/mol. The molecule has 1 rings (SSSR count). The molecule has 0 aliphatic heterocycles. The summed E-state index contributed by atoms with van der Waals surface area (Å²) >= 11 is 0. The van der Waals surface area contributed by atoms with Gasteiger partial charge in [0, 0.05) is 5.56 Å². The standard InChI is InChI=1S/C9H10F3NO/c10-3-5-1-6(8(13)4-14)9(12)7(11)2-5/h1-2,8,14H,3-4,13H2. The largest absolute Gasteiger partial charge is 0.394 e. The predicted octanol–water partition coefficient (Wildman–Crippen LogP) is 1.43. The minimum absolute atomic E-state index is 0.00259. The minimum Gasteiger partial charge on any atom is -0.394 e. The molecule has 0 radical (unpaired) electrons. The first-order valence-electron chi connectivity index (χ1n) is 4.00. The minimum atomic E-state index is -1.15. The molecular weight excluding hydrogens is 195 g/mol. The van der Waals surface area contributed by atoms with Crippen LogP contribution in [0.4, 0.5) is 13.2 Å². The fraction of sp³-hybridized carbons (Fsp3) is 0.333. The lowest BCUT2D eigenvalue weighted by atomic mass is 10.0. The van der Waals surface area contributed by atoms with Crippen LogP contribution in [0.1, 0.15) is 17.2 Å². The Kier molecular flexibility index (Phi) is 3.49. The van der Waals surface area contributed by atoms with Crippen LogP contribution in [0.25, 0.3) is 0 Å². The second-order valence-corrected chi connectivity index (χ2v) is 2.90. The van der Waals surface area contributed by atoms with Gasteiger partial charge in [-0.05, 0) is 17.7 Å². The van der Waals surface area contributed by atoms with Crippen molar-refractivity contribution in [2.45, 2.75) is 12.7 Å². The molecule has 78 valence electrons. The summed E-state index contributed by atoms with van der Waals surface area (Å²) in [4.78, 5) is 0. The van der Waals surface area contributed by atoms with Gasteiger partial charge in [0.05, 0.1) is 12.6 Å². The van der Waals surface area contributed by atoms with Crippen molar-refractivity contribution in [3.63, 3.8) is 0 Å². The molecule has 0 saturated heterocycles. The Morgan fingerprint density at radius 2 is 2.00 bits per heavy atom. The summed E-state index contributed by atoms with van der Waals surface area (Å²) < 4.78 is 38.1. The molecule has 0 heterocycles. The summed E-state index contributed by atoms with van der Waals surface area (Å²) in [6, 6.07) is 0.846. The Bertz CT molecular complexity index is 330. The van der Waals surface area contributed by atoms with E-state index in [1.165, 1.54) is 0 Å². The van der Waals surface area contributed by atoms with Gasteiger partial charge in [-0.15, -0.1) is 0 Å². The topological polar surface area (TPSA) is 46.2 Å². The molecule has 0 aliphatic carbocycles. The third kappa shape index (κ3) is 2.05. The van der Waals surface area contributed by atoms with E-state index >= 15 is 0 Å². The number of benzene rings is 1. The van der Waals surface area contributed by atoms with Crippen LogP contribution in [0, 0.1) is 11.6 Å². The van der Waals surface area contributed by atoms with Crippen molar-refractivity contribution < 1.29 is 18.3 Å². The molecule has 0 fully saturated rings. The number of halogens is 3.